The van der Waals surface area contributed by atoms with E-state index in [1.54, 1.807) is 18.3 Å². The van der Waals surface area contributed by atoms with Crippen LogP contribution in [-0.2, 0) is 4.79 Å². The number of Topliss-reactive ketones (excluding diaryl/α,β-unsaturated/α-hetero) is 1. The highest BCUT2D eigenvalue weighted by molar-refractivity contribution is 7.73. The number of hydrogen-bond donors (Lipinski definition) is 1. The lowest BCUT2D eigenvalue weighted by Gasteiger charge is -2.06. The van der Waals surface area contributed by atoms with Gasteiger partial charge >= 0.3 is 0 Å². The van der Waals surface area contributed by atoms with E-state index < -0.39 is 0 Å². The smallest absolute Gasteiger partial charge is 0.159 e. The van der Waals surface area contributed by atoms with Crippen molar-refractivity contribution in [3.8, 4) is 0 Å². The fourth-order valence-electron chi connectivity index (χ4n) is 1.47. The molecule has 1 heterocycles. The van der Waals surface area contributed by atoms with Gasteiger partial charge in [-0.15, -0.1) is 11.3 Å². The Morgan fingerprint density at radius 1 is 1.53 bits per heavy atom. The van der Waals surface area contributed by atoms with Crippen molar-refractivity contribution in [3.05, 3.63) is 27.7 Å². The van der Waals surface area contributed by atoms with Gasteiger partial charge in [0.25, 0.3) is 0 Å². The van der Waals surface area contributed by atoms with E-state index in [0.717, 1.165) is 19.7 Å². The van der Waals surface area contributed by atoms with Crippen LogP contribution in [0, 0.1) is 3.95 Å². The van der Waals surface area contributed by atoms with E-state index in [1.807, 2.05) is 25.1 Å². The van der Waals surface area contributed by atoms with Crippen LogP contribution in [0.3, 0.4) is 0 Å². The zero-order valence-electron chi connectivity index (χ0n) is 8.53. The summed E-state index contributed by atoms with van der Waals surface area (Å²) in [5, 5.41) is 0. The third-order valence-electron chi connectivity index (χ3n) is 2.55. The molecule has 1 unspecified atom stereocenters. The van der Waals surface area contributed by atoms with Crippen molar-refractivity contribution in [1.29, 1.82) is 0 Å². The number of benzene rings is 1. The largest absolute Gasteiger partial charge is 0.337 e. The molecular weight excluding hydrogens is 226 g/mol. The van der Waals surface area contributed by atoms with E-state index in [0.29, 0.717) is 0 Å². The SMILES string of the molecule is CC(=O)C(C)c1ccc2[nH]c(=S)sc2c1. The Morgan fingerprint density at radius 2 is 2.27 bits per heavy atom. The van der Waals surface area contributed by atoms with Gasteiger partial charge in [-0.25, -0.2) is 0 Å². The molecule has 15 heavy (non-hydrogen) atoms. The molecule has 1 atom stereocenters. The van der Waals surface area contributed by atoms with E-state index in [2.05, 4.69) is 4.98 Å². The summed E-state index contributed by atoms with van der Waals surface area (Å²) in [4.78, 5) is 14.4. The molecule has 0 bridgehead atoms. The highest BCUT2D eigenvalue weighted by atomic mass is 32.1. The molecular formula is C11H11NOS2. The van der Waals surface area contributed by atoms with Gasteiger partial charge in [-0.05, 0) is 36.8 Å². The number of nitrogens with one attached hydrogen (secondary N) is 1. The lowest BCUT2D eigenvalue weighted by atomic mass is 9.98. The van der Waals surface area contributed by atoms with Crippen molar-refractivity contribution in [2.45, 2.75) is 19.8 Å². The standard InChI is InChI=1S/C11H11NOS2/c1-6(7(2)13)8-3-4-9-10(5-8)15-11(14)12-9/h3-6H,1-2H3,(H,12,14). The number of carbonyl (C=O) groups excluding carboxylic acids is 1. The van der Waals surface area contributed by atoms with Crippen LogP contribution in [0.15, 0.2) is 18.2 Å². The van der Waals surface area contributed by atoms with Gasteiger partial charge < -0.3 is 4.98 Å². The van der Waals surface area contributed by atoms with Crippen molar-refractivity contribution >= 4 is 39.6 Å². The van der Waals surface area contributed by atoms with Crippen molar-refractivity contribution in [2.75, 3.05) is 0 Å². The zero-order chi connectivity index (χ0) is 11.0. The van der Waals surface area contributed by atoms with E-state index >= 15 is 0 Å². The number of thiazole rings is 1. The minimum atomic E-state index is -0.0370. The highest BCUT2D eigenvalue weighted by Gasteiger charge is 2.11. The third-order valence-corrected chi connectivity index (χ3v) is 3.75. The Labute approximate surface area is 97.0 Å². The molecule has 0 spiro atoms. The molecule has 0 saturated carbocycles. The van der Waals surface area contributed by atoms with Crippen LogP contribution in [0.2, 0.25) is 0 Å². The van der Waals surface area contributed by atoms with Crippen LogP contribution in [-0.4, -0.2) is 10.8 Å². The maximum absolute atomic E-state index is 11.3. The molecule has 0 saturated heterocycles. The molecule has 2 rings (SSSR count). The van der Waals surface area contributed by atoms with Gasteiger partial charge in [0.05, 0.1) is 10.2 Å². The number of fused-ring (bicyclic) bond motifs is 1. The van der Waals surface area contributed by atoms with Crippen molar-refractivity contribution < 1.29 is 4.79 Å². The molecule has 0 fully saturated rings. The van der Waals surface area contributed by atoms with Crippen LogP contribution in [0.4, 0.5) is 0 Å². The van der Waals surface area contributed by atoms with Crippen molar-refractivity contribution in [2.24, 2.45) is 0 Å². The summed E-state index contributed by atoms with van der Waals surface area (Å²) in [6.07, 6.45) is 0. The molecule has 2 aromatic rings. The molecule has 0 aliphatic carbocycles. The van der Waals surface area contributed by atoms with Crippen LogP contribution < -0.4 is 0 Å². The van der Waals surface area contributed by atoms with E-state index in [9.17, 15) is 4.79 Å². The predicted molar refractivity (Wildman–Crippen MR) is 66.1 cm³/mol. The van der Waals surface area contributed by atoms with E-state index in [-0.39, 0.29) is 11.7 Å². The van der Waals surface area contributed by atoms with Gasteiger partial charge in [0, 0.05) is 5.92 Å². The zero-order valence-corrected chi connectivity index (χ0v) is 10.2. The number of carbonyl (C=O) groups is 1. The van der Waals surface area contributed by atoms with Gasteiger partial charge in [-0.3, -0.25) is 4.79 Å². The maximum atomic E-state index is 11.3. The Bertz CT molecular complexity index is 567. The Balaban J connectivity index is 2.55. The first-order chi connectivity index (χ1) is 7.08. The van der Waals surface area contributed by atoms with Gasteiger partial charge in [0.2, 0.25) is 0 Å². The molecule has 4 heteroatoms. The summed E-state index contributed by atoms with van der Waals surface area (Å²) >= 11 is 6.61. The Morgan fingerprint density at radius 3 is 2.93 bits per heavy atom. The topological polar surface area (TPSA) is 32.9 Å². The first kappa shape index (κ1) is 10.5. The second-order valence-corrected chi connectivity index (χ2v) is 5.32. The van der Waals surface area contributed by atoms with Crippen LogP contribution in [0.5, 0.6) is 0 Å². The number of ketones is 1. The Kier molecular flexibility index (Phi) is 2.71. The summed E-state index contributed by atoms with van der Waals surface area (Å²) in [5.74, 6) is 0.151. The summed E-state index contributed by atoms with van der Waals surface area (Å²) < 4.78 is 1.89. The van der Waals surface area contributed by atoms with Crippen LogP contribution >= 0.6 is 23.6 Å². The fraction of sp³-hybridized carbons (Fsp3) is 0.273. The molecule has 0 radical (unpaired) electrons. The first-order valence-electron chi connectivity index (χ1n) is 4.71. The monoisotopic (exact) mass is 237 g/mol. The third kappa shape index (κ3) is 2.01. The molecule has 78 valence electrons. The average Bonchev–Trinajstić information content (AvgIpc) is 2.55. The summed E-state index contributed by atoms with van der Waals surface area (Å²) in [6.45, 7) is 3.54. The van der Waals surface area contributed by atoms with Gasteiger partial charge in [-0.2, -0.15) is 0 Å². The van der Waals surface area contributed by atoms with Crippen molar-refractivity contribution in [3.63, 3.8) is 0 Å². The Hall–Kier alpha value is -1.00. The maximum Gasteiger partial charge on any atom is 0.159 e. The quantitative estimate of drug-likeness (QED) is 0.809. The molecule has 2 nitrogen and oxygen atoms in total. The molecule has 1 aromatic heterocycles. The van der Waals surface area contributed by atoms with Crippen LogP contribution in [0.25, 0.3) is 10.2 Å². The van der Waals surface area contributed by atoms with E-state index in [1.165, 1.54) is 0 Å². The molecule has 1 aromatic carbocycles. The lowest BCUT2D eigenvalue weighted by Crippen LogP contribution is -2.03. The highest BCUT2D eigenvalue weighted by Crippen LogP contribution is 2.25. The number of hydrogen-bond acceptors (Lipinski definition) is 3. The minimum absolute atomic E-state index is 0.0370. The van der Waals surface area contributed by atoms with E-state index in [4.69, 9.17) is 12.2 Å². The van der Waals surface area contributed by atoms with Gasteiger partial charge in [-0.1, -0.05) is 13.0 Å². The predicted octanol–water partition coefficient (Wildman–Crippen LogP) is 3.65. The normalized spacial score (nSPS) is 12.9. The number of aromatic amines is 1. The summed E-state index contributed by atoms with van der Waals surface area (Å²) in [6, 6.07) is 6.00. The molecule has 1 N–H and O–H groups in total. The second kappa shape index (κ2) is 3.87. The summed E-state index contributed by atoms with van der Waals surface area (Å²) in [7, 11) is 0. The number of H-pyrrole nitrogens is 1. The molecule has 0 aliphatic rings. The van der Waals surface area contributed by atoms with Gasteiger partial charge in [0.15, 0.2) is 3.95 Å². The number of rotatable bonds is 2. The molecule has 0 aliphatic heterocycles. The van der Waals surface area contributed by atoms with Crippen molar-refractivity contribution in [1.82, 2.24) is 4.98 Å². The molecule has 0 amide bonds. The second-order valence-electron chi connectivity index (χ2n) is 3.60. The number of aromatic nitrogens is 1. The average molecular weight is 237 g/mol. The van der Waals surface area contributed by atoms with Crippen LogP contribution in [0.1, 0.15) is 25.3 Å². The fourth-order valence-corrected chi connectivity index (χ4v) is 2.63. The summed E-state index contributed by atoms with van der Waals surface area (Å²) in [5.41, 5.74) is 2.10. The minimum Gasteiger partial charge on any atom is -0.337 e. The first-order valence-corrected chi connectivity index (χ1v) is 5.93. The lowest BCUT2D eigenvalue weighted by molar-refractivity contribution is -0.118. The van der Waals surface area contributed by atoms with Gasteiger partial charge in [0.1, 0.15) is 5.78 Å².